The van der Waals surface area contributed by atoms with Gasteiger partial charge in [0.1, 0.15) is 11.6 Å². The van der Waals surface area contributed by atoms with Crippen LogP contribution in [0.5, 0.6) is 0 Å². The van der Waals surface area contributed by atoms with Gasteiger partial charge in [-0.15, -0.1) is 0 Å². The first-order valence-electron chi connectivity index (χ1n) is 12.5. The van der Waals surface area contributed by atoms with Gasteiger partial charge >= 0.3 is 0 Å². The number of anilines is 2. The Labute approximate surface area is 219 Å². The average molecular weight is 518 g/mol. The van der Waals surface area contributed by atoms with Crippen molar-refractivity contribution in [2.75, 3.05) is 5.32 Å². The van der Waals surface area contributed by atoms with Crippen LogP contribution < -0.4 is 11.1 Å². The van der Waals surface area contributed by atoms with Crippen LogP contribution in [-0.2, 0) is 5.41 Å². The van der Waals surface area contributed by atoms with E-state index in [1.165, 1.54) is 22.7 Å². The number of hydrogen-bond acceptors (Lipinski definition) is 7. The minimum atomic E-state index is -1.04. The lowest BCUT2D eigenvalue weighted by Crippen LogP contribution is -2.44. The summed E-state index contributed by atoms with van der Waals surface area (Å²) in [6.07, 6.45) is 5.88. The standard InChI is InChI=1S/C28H29F2N7O/c1-15-8-16(9-22(32)26(15)38)19-6-7-33-13-24(19)35-27-34-12-18-4-5-23(36-37(18)27)25-20(29)10-17(11-21(25)30)28(2,3)14-31/h4-7,10-13,15-16,22,26,38H,8-9,32H2,1-3H3,(H,34,35)/t15-,16+,22+,26+/m0/s1. The van der Waals surface area contributed by atoms with Gasteiger partial charge in [-0.1, -0.05) is 6.92 Å². The molecule has 1 aromatic carbocycles. The average Bonchev–Trinajstić information content (AvgIpc) is 3.29. The van der Waals surface area contributed by atoms with Gasteiger partial charge in [0.25, 0.3) is 0 Å². The molecule has 0 aliphatic heterocycles. The summed E-state index contributed by atoms with van der Waals surface area (Å²) in [7, 11) is 0. The minimum Gasteiger partial charge on any atom is -0.391 e. The first-order valence-corrected chi connectivity index (χ1v) is 12.5. The van der Waals surface area contributed by atoms with E-state index in [1.54, 1.807) is 38.5 Å². The number of fused-ring (bicyclic) bond motifs is 1. The van der Waals surface area contributed by atoms with Crippen LogP contribution in [0.3, 0.4) is 0 Å². The number of benzene rings is 1. The fraction of sp³-hybridized carbons (Fsp3) is 0.357. The number of halogens is 2. The lowest BCUT2D eigenvalue weighted by molar-refractivity contribution is 0.0521. The summed E-state index contributed by atoms with van der Waals surface area (Å²) >= 11 is 0. The first-order chi connectivity index (χ1) is 18.1. The third-order valence-electron chi connectivity index (χ3n) is 7.46. The second kappa shape index (κ2) is 9.74. The SMILES string of the molecule is C[C@H]1C[C@@H](c2ccncc2Nc2ncc3ccc(-c4c(F)cc(C(C)(C)C#N)cc4F)nn23)C[C@@H](N)[C@@H]1O. The van der Waals surface area contributed by atoms with E-state index in [9.17, 15) is 10.4 Å². The minimum absolute atomic E-state index is 0.0520. The smallest absolute Gasteiger partial charge is 0.229 e. The van der Waals surface area contributed by atoms with Gasteiger partial charge in [0.05, 0.1) is 52.4 Å². The maximum atomic E-state index is 15.1. The van der Waals surface area contributed by atoms with Gasteiger partial charge in [0, 0.05) is 12.2 Å². The monoisotopic (exact) mass is 517 g/mol. The highest BCUT2D eigenvalue weighted by molar-refractivity contribution is 5.66. The third-order valence-corrected chi connectivity index (χ3v) is 7.46. The summed E-state index contributed by atoms with van der Waals surface area (Å²) in [6.45, 7) is 5.20. The number of nitrogens with two attached hydrogens (primary N) is 1. The van der Waals surface area contributed by atoms with Crippen molar-refractivity contribution in [2.24, 2.45) is 11.7 Å². The maximum Gasteiger partial charge on any atom is 0.229 e. The molecule has 5 rings (SSSR count). The Balaban J connectivity index is 1.51. The molecule has 3 aromatic heterocycles. The van der Waals surface area contributed by atoms with Gasteiger partial charge in [0.2, 0.25) is 5.95 Å². The number of imidazole rings is 1. The summed E-state index contributed by atoms with van der Waals surface area (Å²) in [6, 6.07) is 9.23. The maximum absolute atomic E-state index is 15.1. The molecule has 0 radical (unpaired) electrons. The van der Waals surface area contributed by atoms with E-state index in [-0.39, 0.29) is 34.7 Å². The molecule has 4 N–H and O–H groups in total. The molecule has 0 saturated heterocycles. The van der Waals surface area contributed by atoms with Gasteiger partial charge in [-0.05, 0) is 80.0 Å². The van der Waals surface area contributed by atoms with Crippen LogP contribution in [0.15, 0.2) is 48.9 Å². The zero-order chi connectivity index (χ0) is 27.2. The van der Waals surface area contributed by atoms with Crippen LogP contribution in [0.1, 0.15) is 50.7 Å². The van der Waals surface area contributed by atoms with Gasteiger partial charge in [0.15, 0.2) is 0 Å². The largest absolute Gasteiger partial charge is 0.391 e. The zero-order valence-electron chi connectivity index (χ0n) is 21.4. The van der Waals surface area contributed by atoms with Crippen molar-refractivity contribution in [1.82, 2.24) is 19.6 Å². The van der Waals surface area contributed by atoms with Crippen LogP contribution in [0.25, 0.3) is 16.8 Å². The molecule has 0 unspecified atom stereocenters. The number of hydrogen-bond donors (Lipinski definition) is 3. The van der Waals surface area contributed by atoms with Crippen LogP contribution in [-0.4, -0.2) is 36.8 Å². The van der Waals surface area contributed by atoms with E-state index in [2.05, 4.69) is 26.5 Å². The highest BCUT2D eigenvalue weighted by Crippen LogP contribution is 2.39. The van der Waals surface area contributed by atoms with Crippen LogP contribution in [0, 0.1) is 28.9 Å². The Kier molecular flexibility index (Phi) is 6.59. The number of nitriles is 1. The molecule has 196 valence electrons. The van der Waals surface area contributed by atoms with Crippen LogP contribution in [0.4, 0.5) is 20.4 Å². The first kappa shape index (κ1) is 25.7. The van der Waals surface area contributed by atoms with Crippen molar-refractivity contribution < 1.29 is 13.9 Å². The Morgan fingerprint density at radius 3 is 2.58 bits per heavy atom. The van der Waals surface area contributed by atoms with Crippen LogP contribution >= 0.6 is 0 Å². The molecular weight excluding hydrogens is 488 g/mol. The predicted octanol–water partition coefficient (Wildman–Crippen LogP) is 4.82. The second-order valence-corrected chi connectivity index (χ2v) is 10.6. The predicted molar refractivity (Wildman–Crippen MR) is 140 cm³/mol. The summed E-state index contributed by atoms with van der Waals surface area (Å²) in [5.74, 6) is -1.08. The van der Waals surface area contributed by atoms with Gasteiger partial charge < -0.3 is 16.2 Å². The molecule has 10 heteroatoms. The Hall–Kier alpha value is -3.94. The van der Waals surface area contributed by atoms with E-state index < -0.39 is 23.2 Å². The van der Waals surface area contributed by atoms with E-state index in [1.807, 2.05) is 13.0 Å². The summed E-state index contributed by atoms with van der Waals surface area (Å²) in [4.78, 5) is 8.68. The highest BCUT2D eigenvalue weighted by Gasteiger charge is 2.34. The normalized spacial score (nSPS) is 21.8. The molecule has 1 fully saturated rings. The number of aliphatic hydroxyl groups is 1. The van der Waals surface area contributed by atoms with E-state index in [0.29, 0.717) is 23.6 Å². The number of aromatic nitrogens is 4. The Bertz CT molecular complexity index is 1510. The van der Waals surface area contributed by atoms with Crippen molar-refractivity contribution in [3.05, 3.63) is 71.7 Å². The Morgan fingerprint density at radius 2 is 1.89 bits per heavy atom. The molecule has 1 aliphatic carbocycles. The second-order valence-electron chi connectivity index (χ2n) is 10.6. The molecule has 38 heavy (non-hydrogen) atoms. The number of aliphatic hydroxyl groups excluding tert-OH is 1. The molecule has 3 heterocycles. The van der Waals surface area contributed by atoms with Crippen molar-refractivity contribution >= 4 is 17.2 Å². The fourth-order valence-electron chi connectivity index (χ4n) is 5.16. The number of pyridine rings is 1. The topological polar surface area (TPSA) is 125 Å². The highest BCUT2D eigenvalue weighted by atomic mass is 19.1. The number of nitrogens with zero attached hydrogens (tertiary/aromatic N) is 5. The van der Waals surface area contributed by atoms with E-state index in [4.69, 9.17) is 5.73 Å². The van der Waals surface area contributed by atoms with Crippen LogP contribution in [0.2, 0.25) is 0 Å². The van der Waals surface area contributed by atoms with Crippen molar-refractivity contribution in [1.29, 1.82) is 5.26 Å². The molecule has 1 saturated carbocycles. The zero-order valence-corrected chi connectivity index (χ0v) is 21.4. The summed E-state index contributed by atoms with van der Waals surface area (Å²) in [5, 5.41) is 27.4. The van der Waals surface area contributed by atoms with Crippen molar-refractivity contribution in [2.45, 2.75) is 57.1 Å². The number of rotatable bonds is 5. The molecular formula is C28H29F2N7O. The van der Waals surface area contributed by atoms with Gasteiger partial charge in [-0.3, -0.25) is 4.98 Å². The van der Waals surface area contributed by atoms with E-state index in [0.717, 1.165) is 12.0 Å². The lowest BCUT2D eigenvalue weighted by Gasteiger charge is -2.36. The molecule has 0 bridgehead atoms. The number of nitrogens with one attached hydrogen (secondary N) is 1. The third kappa shape index (κ3) is 4.59. The molecule has 0 spiro atoms. The Morgan fingerprint density at radius 1 is 1.16 bits per heavy atom. The summed E-state index contributed by atoms with van der Waals surface area (Å²) < 4.78 is 31.7. The fourth-order valence-corrected chi connectivity index (χ4v) is 5.16. The van der Waals surface area contributed by atoms with Crippen molar-refractivity contribution in [3.63, 3.8) is 0 Å². The lowest BCUT2D eigenvalue weighted by atomic mass is 9.74. The van der Waals surface area contributed by atoms with E-state index >= 15 is 8.78 Å². The summed E-state index contributed by atoms with van der Waals surface area (Å²) in [5.41, 5.74) is 7.55. The molecule has 4 atom stereocenters. The molecule has 8 nitrogen and oxygen atoms in total. The van der Waals surface area contributed by atoms with Gasteiger partial charge in [-0.25, -0.2) is 13.8 Å². The van der Waals surface area contributed by atoms with Gasteiger partial charge in [-0.2, -0.15) is 14.9 Å². The molecule has 4 aromatic rings. The quantitative estimate of drug-likeness (QED) is 0.347. The molecule has 0 amide bonds. The van der Waals surface area contributed by atoms with Crippen molar-refractivity contribution in [3.8, 4) is 17.3 Å². The molecule has 1 aliphatic rings.